The van der Waals surface area contributed by atoms with E-state index in [1.807, 2.05) is 30.3 Å². The molecule has 0 radical (unpaired) electrons. The molecule has 7 heteroatoms. The first-order valence-corrected chi connectivity index (χ1v) is 7.67. The fraction of sp³-hybridized carbons (Fsp3) is 0.462. The normalized spacial score (nSPS) is 24.4. The van der Waals surface area contributed by atoms with Crippen molar-refractivity contribution < 1.29 is 26.3 Å². The van der Waals surface area contributed by atoms with Crippen LogP contribution in [-0.4, -0.2) is 33.2 Å². The highest BCUT2D eigenvalue weighted by atomic mass is 32.3. The van der Waals surface area contributed by atoms with E-state index in [0.29, 0.717) is 12.8 Å². The van der Waals surface area contributed by atoms with Crippen molar-refractivity contribution in [1.29, 1.82) is 0 Å². The van der Waals surface area contributed by atoms with E-state index in [4.69, 9.17) is 8.92 Å². The van der Waals surface area contributed by atoms with Crippen molar-refractivity contribution in [2.45, 2.75) is 32.0 Å². The van der Waals surface area contributed by atoms with E-state index in [9.17, 15) is 13.2 Å². The first-order chi connectivity index (χ1) is 9.52. The van der Waals surface area contributed by atoms with Gasteiger partial charge in [-0.2, -0.15) is 8.42 Å². The summed E-state index contributed by atoms with van der Waals surface area (Å²) in [6.45, 7) is 1.80. The van der Waals surface area contributed by atoms with E-state index in [0.717, 1.165) is 5.56 Å². The van der Waals surface area contributed by atoms with Gasteiger partial charge >= 0.3 is 16.4 Å². The predicted molar refractivity (Wildman–Crippen MR) is 70.1 cm³/mol. The number of esters is 1. The zero-order valence-electron chi connectivity index (χ0n) is 11.0. The summed E-state index contributed by atoms with van der Waals surface area (Å²) in [5.41, 5.74) is 1.03. The average molecular weight is 300 g/mol. The predicted octanol–water partition coefficient (Wildman–Crippen LogP) is 1.21. The molecule has 1 aromatic rings. The first-order valence-electron chi connectivity index (χ1n) is 6.34. The van der Waals surface area contributed by atoms with Crippen molar-refractivity contribution >= 4 is 16.4 Å². The van der Waals surface area contributed by atoms with Crippen LogP contribution >= 0.6 is 0 Å². The molecule has 0 spiro atoms. The lowest BCUT2D eigenvalue weighted by Crippen LogP contribution is -2.33. The first kappa shape index (κ1) is 15.0. The third kappa shape index (κ3) is 3.78. The summed E-state index contributed by atoms with van der Waals surface area (Å²) in [5.74, 6) is -0.716. The summed E-state index contributed by atoms with van der Waals surface area (Å²) in [5, 5.41) is 0. The van der Waals surface area contributed by atoms with E-state index >= 15 is 0 Å². The van der Waals surface area contributed by atoms with Crippen molar-refractivity contribution in [2.75, 3.05) is 6.61 Å². The summed E-state index contributed by atoms with van der Waals surface area (Å²) < 4.78 is 36.9. The molecule has 6 nitrogen and oxygen atoms in total. The van der Waals surface area contributed by atoms with Gasteiger partial charge in [0.1, 0.15) is 6.10 Å². The fourth-order valence-electron chi connectivity index (χ4n) is 1.98. The molecule has 1 saturated heterocycles. The molecular weight excluding hydrogens is 284 g/mol. The highest BCUT2D eigenvalue weighted by molar-refractivity contribution is 7.82. The van der Waals surface area contributed by atoms with Gasteiger partial charge in [0.2, 0.25) is 6.10 Å². The Labute approximate surface area is 118 Å². The highest BCUT2D eigenvalue weighted by Crippen LogP contribution is 2.25. The Morgan fingerprint density at radius 3 is 2.60 bits per heavy atom. The lowest BCUT2D eigenvalue weighted by atomic mass is 10.0. The third-order valence-electron chi connectivity index (χ3n) is 2.88. The third-order valence-corrected chi connectivity index (χ3v) is 3.81. The van der Waals surface area contributed by atoms with Gasteiger partial charge in [0.25, 0.3) is 0 Å². The van der Waals surface area contributed by atoms with Crippen LogP contribution in [0.1, 0.15) is 18.9 Å². The standard InChI is InChI=1S/C13H16O6S/c1-2-17-13(14)12-11(18-20(15,16)19-12)9-8-10-6-4-3-5-7-10/h3-7,11-12H,2,8-9H2,1H3/t11-,12+/m0/s1. The van der Waals surface area contributed by atoms with Crippen molar-refractivity contribution in [2.24, 2.45) is 0 Å². The maximum absolute atomic E-state index is 11.7. The van der Waals surface area contributed by atoms with Crippen molar-refractivity contribution in [3.8, 4) is 0 Å². The number of rotatable bonds is 5. The molecule has 0 aromatic heterocycles. The van der Waals surface area contributed by atoms with E-state index < -0.39 is 28.6 Å². The van der Waals surface area contributed by atoms with Gasteiger partial charge in [-0.25, -0.2) is 13.2 Å². The average Bonchev–Trinajstić information content (AvgIpc) is 2.73. The molecule has 20 heavy (non-hydrogen) atoms. The summed E-state index contributed by atoms with van der Waals surface area (Å²) in [4.78, 5) is 11.7. The molecule has 1 aliphatic heterocycles. The van der Waals surface area contributed by atoms with Crippen molar-refractivity contribution in [3.05, 3.63) is 35.9 Å². The minimum atomic E-state index is -4.11. The molecule has 110 valence electrons. The largest absolute Gasteiger partial charge is 0.464 e. The quantitative estimate of drug-likeness (QED) is 0.761. The van der Waals surface area contributed by atoms with E-state index in [1.54, 1.807) is 6.92 Å². The van der Waals surface area contributed by atoms with Gasteiger partial charge < -0.3 is 4.74 Å². The maximum Gasteiger partial charge on any atom is 0.401 e. The van der Waals surface area contributed by atoms with Gasteiger partial charge in [-0.15, -0.1) is 0 Å². The van der Waals surface area contributed by atoms with Crippen LogP contribution in [0.5, 0.6) is 0 Å². The highest BCUT2D eigenvalue weighted by Gasteiger charge is 2.45. The zero-order valence-corrected chi connectivity index (χ0v) is 11.8. The molecule has 1 fully saturated rings. The number of aryl methyl sites for hydroxylation is 1. The molecule has 2 rings (SSSR count). The number of carbonyl (C=O) groups excluding carboxylic acids is 1. The van der Waals surface area contributed by atoms with E-state index in [-0.39, 0.29) is 6.61 Å². The smallest absolute Gasteiger partial charge is 0.401 e. The van der Waals surface area contributed by atoms with Crippen LogP contribution < -0.4 is 0 Å². The molecule has 0 unspecified atom stereocenters. The molecule has 0 N–H and O–H groups in total. The lowest BCUT2D eigenvalue weighted by Gasteiger charge is -2.13. The van der Waals surface area contributed by atoms with E-state index in [1.165, 1.54) is 0 Å². The number of benzene rings is 1. The minimum absolute atomic E-state index is 0.157. The molecule has 0 bridgehead atoms. The van der Waals surface area contributed by atoms with Gasteiger partial charge in [-0.3, -0.25) is 0 Å². The molecule has 2 atom stereocenters. The van der Waals surface area contributed by atoms with Crippen LogP contribution in [0.15, 0.2) is 30.3 Å². The Bertz CT molecular complexity index is 553. The number of hydrogen-bond acceptors (Lipinski definition) is 6. The van der Waals surface area contributed by atoms with Crippen LogP contribution in [-0.2, 0) is 34.7 Å². The topological polar surface area (TPSA) is 78.9 Å². The zero-order chi connectivity index (χ0) is 14.6. The summed E-state index contributed by atoms with van der Waals surface area (Å²) in [6, 6.07) is 9.51. The molecule has 0 saturated carbocycles. The van der Waals surface area contributed by atoms with Crippen LogP contribution in [0.25, 0.3) is 0 Å². The van der Waals surface area contributed by atoms with E-state index in [2.05, 4.69) is 4.18 Å². The summed E-state index contributed by atoms with van der Waals surface area (Å²) >= 11 is 0. The molecule has 1 aromatic carbocycles. The number of hydrogen-bond donors (Lipinski definition) is 0. The number of ether oxygens (including phenoxy) is 1. The Kier molecular flexibility index (Phi) is 4.74. The summed E-state index contributed by atoms with van der Waals surface area (Å²) in [7, 11) is -4.11. The molecule has 1 heterocycles. The molecule has 1 aliphatic rings. The Balaban J connectivity index is 2.02. The summed E-state index contributed by atoms with van der Waals surface area (Å²) in [6.07, 6.45) is -1.13. The molecule has 0 aliphatic carbocycles. The number of carbonyl (C=O) groups is 1. The van der Waals surface area contributed by atoms with Crippen LogP contribution in [0, 0.1) is 0 Å². The fourth-order valence-corrected chi connectivity index (χ4v) is 2.98. The van der Waals surface area contributed by atoms with Crippen LogP contribution in [0.4, 0.5) is 0 Å². The monoisotopic (exact) mass is 300 g/mol. The van der Waals surface area contributed by atoms with Gasteiger partial charge in [-0.05, 0) is 25.3 Å². The second-order valence-corrected chi connectivity index (χ2v) is 5.54. The molecular formula is C13H16O6S. The molecule has 0 amide bonds. The SMILES string of the molecule is CCOC(=O)[C@@H]1OS(=O)(=O)O[C@H]1CCc1ccccc1. The Morgan fingerprint density at radius 1 is 1.25 bits per heavy atom. The van der Waals surface area contributed by atoms with Crippen molar-refractivity contribution in [1.82, 2.24) is 0 Å². The van der Waals surface area contributed by atoms with Crippen LogP contribution in [0.2, 0.25) is 0 Å². The van der Waals surface area contributed by atoms with Gasteiger partial charge in [-0.1, -0.05) is 30.3 Å². The second kappa shape index (κ2) is 6.34. The van der Waals surface area contributed by atoms with Gasteiger partial charge in [0.05, 0.1) is 6.61 Å². The Hall–Kier alpha value is -1.44. The Morgan fingerprint density at radius 2 is 1.95 bits per heavy atom. The maximum atomic E-state index is 11.7. The lowest BCUT2D eigenvalue weighted by molar-refractivity contribution is -0.152. The second-order valence-electron chi connectivity index (χ2n) is 4.34. The van der Waals surface area contributed by atoms with Gasteiger partial charge in [0, 0.05) is 0 Å². The minimum Gasteiger partial charge on any atom is -0.464 e. The van der Waals surface area contributed by atoms with Gasteiger partial charge in [0.15, 0.2) is 0 Å². The van der Waals surface area contributed by atoms with Crippen molar-refractivity contribution in [3.63, 3.8) is 0 Å². The van der Waals surface area contributed by atoms with Crippen LogP contribution in [0.3, 0.4) is 0 Å².